The quantitative estimate of drug-likeness (QED) is 0.523. The lowest BCUT2D eigenvalue weighted by molar-refractivity contribution is -0.177. The van der Waals surface area contributed by atoms with Crippen molar-refractivity contribution < 1.29 is 28.6 Å². The van der Waals surface area contributed by atoms with Crippen LogP contribution in [0, 0.1) is 5.92 Å². The highest BCUT2D eigenvalue weighted by molar-refractivity contribution is 6.35. The van der Waals surface area contributed by atoms with Crippen molar-refractivity contribution in [1.29, 1.82) is 0 Å². The monoisotopic (exact) mass is 369 g/mol. The van der Waals surface area contributed by atoms with Crippen molar-refractivity contribution in [3.63, 3.8) is 0 Å². The van der Waals surface area contributed by atoms with Gasteiger partial charge in [0.15, 0.2) is 6.23 Å². The lowest BCUT2D eigenvalue weighted by Gasteiger charge is -2.33. The molecule has 148 valence electrons. The van der Waals surface area contributed by atoms with Crippen molar-refractivity contribution in [3.05, 3.63) is 0 Å². The van der Waals surface area contributed by atoms with E-state index in [1.165, 1.54) is 7.11 Å². The highest BCUT2D eigenvalue weighted by Gasteiger charge is 2.38. The molecular weight excluding hydrogens is 338 g/mol. The number of Topliss-reactive ketones (excluding diaryl/α,β-unsaturated/α-hetero) is 1. The zero-order chi connectivity index (χ0) is 19.3. The molecule has 0 aromatic rings. The molecule has 2 fully saturated rings. The number of ketones is 1. The number of hydrogen-bond donors (Lipinski definition) is 0. The molecule has 26 heavy (non-hydrogen) atoms. The van der Waals surface area contributed by atoms with E-state index >= 15 is 0 Å². The highest BCUT2D eigenvalue weighted by Crippen LogP contribution is 2.29. The maximum Gasteiger partial charge on any atom is 0.379 e. The van der Waals surface area contributed by atoms with E-state index in [2.05, 4.69) is 0 Å². The third kappa shape index (κ3) is 5.77. The second-order valence-corrected chi connectivity index (χ2v) is 8.09. The predicted octanol–water partition coefficient (Wildman–Crippen LogP) is 2.07. The maximum absolute atomic E-state index is 12.7. The first-order chi connectivity index (χ1) is 12.2. The van der Waals surface area contributed by atoms with Gasteiger partial charge in [0, 0.05) is 13.1 Å². The Bertz CT molecular complexity index is 513. The summed E-state index contributed by atoms with van der Waals surface area (Å²) >= 11 is 0. The van der Waals surface area contributed by atoms with E-state index < -0.39 is 23.6 Å². The lowest BCUT2D eigenvalue weighted by Crippen LogP contribution is -2.48. The zero-order valence-corrected chi connectivity index (χ0v) is 16.3. The van der Waals surface area contributed by atoms with Gasteiger partial charge in [0.2, 0.25) is 0 Å². The number of carbonyl (C=O) groups excluding carboxylic acids is 3. The van der Waals surface area contributed by atoms with Crippen molar-refractivity contribution in [2.24, 2.45) is 5.92 Å². The number of carbonyl (C=O) groups is 3. The largest absolute Gasteiger partial charge is 0.469 e. The minimum Gasteiger partial charge on any atom is -0.469 e. The van der Waals surface area contributed by atoms with E-state index in [1.807, 2.05) is 4.90 Å². The summed E-state index contributed by atoms with van der Waals surface area (Å²) in [5, 5.41) is 0. The maximum atomic E-state index is 12.7. The van der Waals surface area contributed by atoms with E-state index in [1.54, 1.807) is 20.8 Å². The van der Waals surface area contributed by atoms with Crippen LogP contribution in [0.4, 0.5) is 0 Å². The predicted molar refractivity (Wildman–Crippen MR) is 94.3 cm³/mol. The first-order valence-electron chi connectivity index (χ1n) is 9.46. The van der Waals surface area contributed by atoms with Gasteiger partial charge in [-0.05, 0) is 59.3 Å². The number of hydrogen-bond acceptors (Lipinski definition) is 7. The molecule has 0 N–H and O–H groups in total. The Hall–Kier alpha value is -1.47. The fourth-order valence-corrected chi connectivity index (χ4v) is 3.50. The highest BCUT2D eigenvalue weighted by atomic mass is 16.6. The number of nitrogens with zero attached hydrogens (tertiary/aromatic N) is 1. The normalized spacial score (nSPS) is 25.5. The number of likely N-dealkylation sites (tertiary alicyclic amines) is 1. The van der Waals surface area contributed by atoms with E-state index in [4.69, 9.17) is 14.2 Å². The van der Waals surface area contributed by atoms with Gasteiger partial charge in [0.25, 0.3) is 5.78 Å². The molecule has 0 radical (unpaired) electrons. The molecule has 1 heterocycles. The standard InChI is InChI=1S/C19H31NO6/c1-19(2,3)26-18(23)15(21)16(20-11-5-6-12-20)25-14-9-7-13(8-10-14)17(22)24-4/h13-14,16H,5-12H2,1-4H3. The number of methoxy groups -OCH3 is 1. The van der Waals surface area contributed by atoms with E-state index in [9.17, 15) is 14.4 Å². The van der Waals surface area contributed by atoms with Gasteiger partial charge in [-0.3, -0.25) is 14.5 Å². The lowest BCUT2D eigenvalue weighted by atomic mass is 9.87. The Labute approximate surface area is 155 Å². The van der Waals surface area contributed by atoms with E-state index in [0.717, 1.165) is 25.9 Å². The smallest absolute Gasteiger partial charge is 0.379 e. The summed E-state index contributed by atoms with van der Waals surface area (Å²) in [5.41, 5.74) is -0.721. The third-order valence-electron chi connectivity index (χ3n) is 4.83. The minimum atomic E-state index is -0.896. The molecule has 1 unspecified atom stereocenters. The summed E-state index contributed by atoms with van der Waals surface area (Å²) in [6.45, 7) is 6.67. The number of esters is 2. The summed E-state index contributed by atoms with van der Waals surface area (Å²) in [5.74, 6) is -1.79. The number of ether oxygens (including phenoxy) is 3. The molecule has 0 spiro atoms. The van der Waals surface area contributed by atoms with Gasteiger partial charge in [-0.1, -0.05) is 0 Å². The van der Waals surface area contributed by atoms with Crippen LogP contribution in [0.15, 0.2) is 0 Å². The second-order valence-electron chi connectivity index (χ2n) is 8.09. The fraction of sp³-hybridized carbons (Fsp3) is 0.842. The number of rotatable bonds is 6. The fourth-order valence-electron chi connectivity index (χ4n) is 3.50. The van der Waals surface area contributed by atoms with Gasteiger partial charge < -0.3 is 14.2 Å². The molecule has 1 aliphatic heterocycles. The van der Waals surface area contributed by atoms with Crippen LogP contribution >= 0.6 is 0 Å². The van der Waals surface area contributed by atoms with Gasteiger partial charge in [-0.2, -0.15) is 0 Å². The molecule has 7 heteroatoms. The first kappa shape index (κ1) is 20.8. The molecular formula is C19H31NO6. The average molecular weight is 369 g/mol. The van der Waals surface area contributed by atoms with Crippen LogP contribution in [0.25, 0.3) is 0 Å². The summed E-state index contributed by atoms with van der Waals surface area (Å²) in [6.07, 6.45) is 3.61. The van der Waals surface area contributed by atoms with Crippen LogP contribution in [-0.4, -0.2) is 60.8 Å². The molecule has 1 saturated carbocycles. The second kappa shape index (κ2) is 8.95. The topological polar surface area (TPSA) is 82.1 Å². The van der Waals surface area contributed by atoms with Gasteiger partial charge in [-0.25, -0.2) is 4.79 Å². The Morgan fingerprint density at radius 1 is 1.00 bits per heavy atom. The van der Waals surface area contributed by atoms with Crippen LogP contribution in [0.2, 0.25) is 0 Å². The van der Waals surface area contributed by atoms with Crippen molar-refractivity contribution in [2.75, 3.05) is 20.2 Å². The molecule has 0 bridgehead atoms. The van der Waals surface area contributed by atoms with Gasteiger partial charge in [0.1, 0.15) is 5.60 Å². The minimum absolute atomic E-state index is 0.105. The summed E-state index contributed by atoms with van der Waals surface area (Å²) in [6, 6.07) is 0. The molecule has 0 amide bonds. The van der Waals surface area contributed by atoms with Crippen molar-refractivity contribution in [2.45, 2.75) is 77.2 Å². The van der Waals surface area contributed by atoms with Gasteiger partial charge in [0.05, 0.1) is 19.1 Å². The summed E-state index contributed by atoms with van der Waals surface area (Å²) < 4.78 is 16.1. The van der Waals surface area contributed by atoms with Crippen molar-refractivity contribution >= 4 is 17.7 Å². The molecule has 1 saturated heterocycles. The molecule has 0 aromatic heterocycles. The van der Waals surface area contributed by atoms with E-state index in [0.29, 0.717) is 25.7 Å². The SMILES string of the molecule is COC(=O)C1CCC(OC(C(=O)C(=O)OC(C)(C)C)N2CCCC2)CC1. The molecule has 1 aliphatic carbocycles. The van der Waals surface area contributed by atoms with Gasteiger partial charge >= 0.3 is 11.9 Å². The molecule has 0 aromatic carbocycles. The zero-order valence-electron chi connectivity index (χ0n) is 16.3. The summed E-state index contributed by atoms with van der Waals surface area (Å²) in [7, 11) is 1.40. The van der Waals surface area contributed by atoms with Crippen molar-refractivity contribution in [3.8, 4) is 0 Å². The Kier molecular flexibility index (Phi) is 7.17. The van der Waals surface area contributed by atoms with Crippen LogP contribution in [0.1, 0.15) is 59.3 Å². The Morgan fingerprint density at radius 3 is 2.08 bits per heavy atom. The van der Waals surface area contributed by atoms with E-state index in [-0.39, 0.29) is 18.0 Å². The van der Waals surface area contributed by atoms with Gasteiger partial charge in [-0.15, -0.1) is 0 Å². The third-order valence-corrected chi connectivity index (χ3v) is 4.83. The van der Waals surface area contributed by atoms with Crippen LogP contribution in [-0.2, 0) is 28.6 Å². The van der Waals surface area contributed by atoms with Crippen LogP contribution in [0.3, 0.4) is 0 Å². The summed E-state index contributed by atoms with van der Waals surface area (Å²) in [4.78, 5) is 38.5. The molecule has 2 rings (SSSR count). The Morgan fingerprint density at radius 2 is 1.58 bits per heavy atom. The Balaban J connectivity index is 1.98. The van der Waals surface area contributed by atoms with Crippen LogP contribution < -0.4 is 0 Å². The van der Waals surface area contributed by atoms with Crippen LogP contribution in [0.5, 0.6) is 0 Å². The average Bonchev–Trinajstić information content (AvgIpc) is 3.11. The first-order valence-corrected chi connectivity index (χ1v) is 9.46. The molecule has 2 aliphatic rings. The van der Waals surface area contributed by atoms with Crippen molar-refractivity contribution in [1.82, 2.24) is 4.90 Å². The molecule has 1 atom stereocenters. The molecule has 7 nitrogen and oxygen atoms in total.